The molecule has 1 atom stereocenters. The van der Waals surface area contributed by atoms with Crippen molar-refractivity contribution in [2.24, 2.45) is 5.92 Å². The van der Waals surface area contributed by atoms with E-state index in [-0.39, 0.29) is 6.04 Å². The number of rotatable bonds is 5. The van der Waals surface area contributed by atoms with Gasteiger partial charge in [-0.1, -0.05) is 13.8 Å². The third-order valence-electron chi connectivity index (χ3n) is 2.45. The molecule has 0 saturated carbocycles. The summed E-state index contributed by atoms with van der Waals surface area (Å²) in [6, 6.07) is 1.93. The first kappa shape index (κ1) is 12.5. The molecule has 1 heterocycles. The van der Waals surface area contributed by atoms with Crippen LogP contribution in [0.2, 0.25) is 0 Å². The number of ether oxygens (including phenoxy) is 2. The van der Waals surface area contributed by atoms with Crippen LogP contribution in [0.25, 0.3) is 0 Å². The number of nitrogens with one attached hydrogen (secondary N) is 1. The SMILES string of the molecule is COc1cc(OC)nc(NC(C)C(C)C)n1. The molecule has 5 nitrogen and oxygen atoms in total. The Bertz CT molecular complexity index is 320. The lowest BCUT2D eigenvalue weighted by Crippen LogP contribution is -2.23. The van der Waals surface area contributed by atoms with Gasteiger partial charge in [0.15, 0.2) is 0 Å². The molecule has 1 rings (SSSR count). The summed E-state index contributed by atoms with van der Waals surface area (Å²) in [6.45, 7) is 6.35. The van der Waals surface area contributed by atoms with Crippen LogP contribution < -0.4 is 14.8 Å². The van der Waals surface area contributed by atoms with Crippen molar-refractivity contribution in [3.8, 4) is 11.8 Å². The van der Waals surface area contributed by atoms with Crippen molar-refractivity contribution in [3.05, 3.63) is 6.07 Å². The highest BCUT2D eigenvalue weighted by atomic mass is 16.5. The number of nitrogens with zero attached hydrogens (tertiary/aromatic N) is 2. The lowest BCUT2D eigenvalue weighted by molar-refractivity contribution is 0.372. The van der Waals surface area contributed by atoms with Crippen molar-refractivity contribution in [3.63, 3.8) is 0 Å². The summed E-state index contributed by atoms with van der Waals surface area (Å²) in [5.41, 5.74) is 0. The fourth-order valence-electron chi connectivity index (χ4n) is 1.05. The first-order valence-electron chi connectivity index (χ1n) is 5.30. The summed E-state index contributed by atoms with van der Waals surface area (Å²) in [5.74, 6) is 2.01. The minimum absolute atomic E-state index is 0.289. The Balaban J connectivity index is 2.86. The predicted molar refractivity (Wildman–Crippen MR) is 63.1 cm³/mol. The zero-order valence-electron chi connectivity index (χ0n) is 10.4. The number of anilines is 1. The first-order chi connectivity index (χ1) is 7.56. The lowest BCUT2D eigenvalue weighted by atomic mass is 10.1. The molecule has 0 aromatic carbocycles. The maximum Gasteiger partial charge on any atom is 0.229 e. The van der Waals surface area contributed by atoms with E-state index in [1.807, 2.05) is 0 Å². The van der Waals surface area contributed by atoms with E-state index in [1.165, 1.54) is 0 Å². The molecule has 0 bridgehead atoms. The zero-order valence-corrected chi connectivity index (χ0v) is 10.4. The Kier molecular flexibility index (Phi) is 4.34. The number of hydrogen-bond donors (Lipinski definition) is 1. The number of hydrogen-bond acceptors (Lipinski definition) is 5. The number of aromatic nitrogens is 2. The van der Waals surface area contributed by atoms with E-state index in [1.54, 1.807) is 20.3 Å². The second-order valence-electron chi connectivity index (χ2n) is 3.95. The van der Waals surface area contributed by atoms with E-state index in [0.29, 0.717) is 23.6 Å². The molecule has 90 valence electrons. The van der Waals surface area contributed by atoms with Crippen LogP contribution in [-0.2, 0) is 0 Å². The van der Waals surface area contributed by atoms with Crippen molar-refractivity contribution in [1.82, 2.24) is 9.97 Å². The van der Waals surface area contributed by atoms with E-state index in [9.17, 15) is 0 Å². The smallest absolute Gasteiger partial charge is 0.229 e. The summed E-state index contributed by atoms with van der Waals surface area (Å²) in [6.07, 6.45) is 0. The second-order valence-corrected chi connectivity index (χ2v) is 3.95. The highest BCUT2D eigenvalue weighted by Gasteiger charge is 2.10. The maximum absolute atomic E-state index is 5.07. The van der Waals surface area contributed by atoms with Crippen molar-refractivity contribution in [2.45, 2.75) is 26.8 Å². The maximum atomic E-state index is 5.07. The van der Waals surface area contributed by atoms with Crippen molar-refractivity contribution < 1.29 is 9.47 Å². The molecule has 0 fully saturated rings. The van der Waals surface area contributed by atoms with Crippen molar-refractivity contribution in [2.75, 3.05) is 19.5 Å². The molecule has 1 unspecified atom stereocenters. The average molecular weight is 225 g/mol. The van der Waals surface area contributed by atoms with Gasteiger partial charge in [0.2, 0.25) is 17.7 Å². The van der Waals surface area contributed by atoms with Crippen LogP contribution in [0.3, 0.4) is 0 Å². The van der Waals surface area contributed by atoms with Crippen LogP contribution in [0, 0.1) is 5.92 Å². The Morgan fingerprint density at radius 2 is 1.56 bits per heavy atom. The van der Waals surface area contributed by atoms with E-state index in [2.05, 4.69) is 36.1 Å². The number of methoxy groups -OCH3 is 2. The standard InChI is InChI=1S/C11H19N3O2/c1-7(2)8(3)12-11-13-9(15-4)6-10(14-11)16-5/h6-8H,1-5H3,(H,12,13,14). The van der Waals surface area contributed by atoms with Gasteiger partial charge < -0.3 is 14.8 Å². The van der Waals surface area contributed by atoms with Crippen LogP contribution in [0.4, 0.5) is 5.95 Å². The third kappa shape index (κ3) is 3.25. The van der Waals surface area contributed by atoms with Gasteiger partial charge in [0.05, 0.1) is 20.3 Å². The van der Waals surface area contributed by atoms with Gasteiger partial charge in [-0.05, 0) is 12.8 Å². The normalized spacial score (nSPS) is 12.4. The van der Waals surface area contributed by atoms with Gasteiger partial charge in [-0.3, -0.25) is 0 Å². The quantitative estimate of drug-likeness (QED) is 0.830. The van der Waals surface area contributed by atoms with Gasteiger partial charge in [-0.25, -0.2) is 0 Å². The Labute approximate surface area is 96.2 Å². The highest BCUT2D eigenvalue weighted by molar-refractivity contribution is 5.34. The van der Waals surface area contributed by atoms with Gasteiger partial charge in [0.1, 0.15) is 0 Å². The molecular formula is C11H19N3O2. The average Bonchev–Trinajstić information content (AvgIpc) is 2.28. The lowest BCUT2D eigenvalue weighted by Gasteiger charge is -2.17. The monoisotopic (exact) mass is 225 g/mol. The van der Waals surface area contributed by atoms with E-state index in [0.717, 1.165) is 0 Å². The molecule has 1 aromatic heterocycles. The molecule has 0 amide bonds. The van der Waals surface area contributed by atoms with Crippen LogP contribution in [-0.4, -0.2) is 30.2 Å². The Hall–Kier alpha value is -1.52. The molecular weight excluding hydrogens is 206 g/mol. The van der Waals surface area contributed by atoms with Crippen LogP contribution >= 0.6 is 0 Å². The van der Waals surface area contributed by atoms with E-state index < -0.39 is 0 Å². The van der Waals surface area contributed by atoms with E-state index >= 15 is 0 Å². The molecule has 5 heteroatoms. The molecule has 1 aromatic rings. The van der Waals surface area contributed by atoms with Crippen molar-refractivity contribution >= 4 is 5.95 Å². The molecule has 0 aliphatic rings. The van der Waals surface area contributed by atoms with Gasteiger partial charge in [-0.15, -0.1) is 0 Å². The largest absolute Gasteiger partial charge is 0.481 e. The second kappa shape index (κ2) is 5.53. The molecule has 1 N–H and O–H groups in total. The molecule has 0 spiro atoms. The fourth-order valence-corrected chi connectivity index (χ4v) is 1.05. The highest BCUT2D eigenvalue weighted by Crippen LogP contribution is 2.18. The molecule has 0 saturated heterocycles. The van der Waals surface area contributed by atoms with Crippen LogP contribution in [0.15, 0.2) is 6.07 Å². The van der Waals surface area contributed by atoms with Gasteiger partial charge >= 0.3 is 0 Å². The predicted octanol–water partition coefficient (Wildman–Crippen LogP) is 1.95. The van der Waals surface area contributed by atoms with Gasteiger partial charge in [0, 0.05) is 6.04 Å². The van der Waals surface area contributed by atoms with E-state index in [4.69, 9.17) is 9.47 Å². The molecule has 0 aliphatic carbocycles. The van der Waals surface area contributed by atoms with Crippen molar-refractivity contribution in [1.29, 1.82) is 0 Å². The summed E-state index contributed by atoms with van der Waals surface area (Å²) >= 11 is 0. The van der Waals surface area contributed by atoms with Gasteiger partial charge in [-0.2, -0.15) is 9.97 Å². The van der Waals surface area contributed by atoms with Crippen LogP contribution in [0.5, 0.6) is 11.8 Å². The third-order valence-corrected chi connectivity index (χ3v) is 2.45. The summed E-state index contributed by atoms with van der Waals surface area (Å²) < 4.78 is 10.1. The zero-order chi connectivity index (χ0) is 12.1. The molecule has 0 aliphatic heterocycles. The minimum atomic E-state index is 0.289. The fraction of sp³-hybridized carbons (Fsp3) is 0.636. The first-order valence-corrected chi connectivity index (χ1v) is 5.30. The molecule has 0 radical (unpaired) electrons. The summed E-state index contributed by atoms with van der Waals surface area (Å²) in [7, 11) is 3.13. The summed E-state index contributed by atoms with van der Waals surface area (Å²) in [5, 5.41) is 3.21. The minimum Gasteiger partial charge on any atom is -0.481 e. The Morgan fingerprint density at radius 3 is 1.94 bits per heavy atom. The topological polar surface area (TPSA) is 56.3 Å². The Morgan fingerprint density at radius 1 is 1.06 bits per heavy atom. The molecule has 16 heavy (non-hydrogen) atoms. The van der Waals surface area contributed by atoms with Gasteiger partial charge in [0.25, 0.3) is 0 Å². The van der Waals surface area contributed by atoms with Crippen LogP contribution in [0.1, 0.15) is 20.8 Å². The summed E-state index contributed by atoms with van der Waals surface area (Å²) in [4.78, 5) is 8.40.